The number of nitrogens with zero attached hydrogens (tertiary/aromatic N) is 1. The Hall–Kier alpha value is -1.92. The first kappa shape index (κ1) is 19.1. The standard InChI is InChI=1S/C17H25NO5/c1-5-22-16(23-6-2)11-12-18(13(3)19)15-9-7-14(8-10-15)17(20)21-4/h7-10,16H,5-6,11-12H2,1-4H3. The minimum atomic E-state index is -0.404. The number of amides is 1. The van der Waals surface area contributed by atoms with Crippen molar-refractivity contribution in [3.63, 3.8) is 0 Å². The normalized spacial score (nSPS) is 10.7. The lowest BCUT2D eigenvalue weighted by atomic mass is 10.2. The zero-order chi connectivity index (χ0) is 17.2. The molecule has 0 aromatic heterocycles. The molecule has 0 saturated heterocycles. The number of hydrogen-bond acceptors (Lipinski definition) is 5. The molecule has 6 nitrogen and oxygen atoms in total. The van der Waals surface area contributed by atoms with Crippen LogP contribution in [0.1, 0.15) is 37.6 Å². The second kappa shape index (κ2) is 9.97. The summed E-state index contributed by atoms with van der Waals surface area (Å²) < 4.78 is 15.6. The van der Waals surface area contributed by atoms with Gasteiger partial charge in [0.2, 0.25) is 5.91 Å². The SMILES string of the molecule is CCOC(CCN(C(C)=O)c1ccc(C(=O)OC)cc1)OCC. The molecule has 1 rings (SSSR count). The van der Waals surface area contributed by atoms with Crippen LogP contribution in [0.4, 0.5) is 5.69 Å². The zero-order valence-electron chi connectivity index (χ0n) is 14.2. The summed E-state index contributed by atoms with van der Waals surface area (Å²) in [6, 6.07) is 6.73. The van der Waals surface area contributed by atoms with E-state index in [1.807, 2.05) is 13.8 Å². The summed E-state index contributed by atoms with van der Waals surface area (Å²) in [6.45, 7) is 6.89. The molecule has 0 saturated carbocycles. The monoisotopic (exact) mass is 323 g/mol. The van der Waals surface area contributed by atoms with E-state index in [0.29, 0.717) is 31.7 Å². The summed E-state index contributed by atoms with van der Waals surface area (Å²) in [4.78, 5) is 25.0. The molecule has 1 amide bonds. The van der Waals surface area contributed by atoms with E-state index in [0.717, 1.165) is 5.69 Å². The molecule has 0 unspecified atom stereocenters. The van der Waals surface area contributed by atoms with Gasteiger partial charge in [-0.25, -0.2) is 4.79 Å². The van der Waals surface area contributed by atoms with Gasteiger partial charge in [0.25, 0.3) is 0 Å². The first-order chi connectivity index (χ1) is 11.0. The van der Waals surface area contributed by atoms with Crippen LogP contribution in [0.15, 0.2) is 24.3 Å². The average molecular weight is 323 g/mol. The van der Waals surface area contributed by atoms with Crippen molar-refractivity contribution in [2.45, 2.75) is 33.5 Å². The second-order valence-electron chi connectivity index (χ2n) is 4.84. The summed E-state index contributed by atoms with van der Waals surface area (Å²) >= 11 is 0. The molecule has 0 spiro atoms. The first-order valence-corrected chi connectivity index (χ1v) is 7.73. The number of anilines is 1. The third-order valence-electron chi connectivity index (χ3n) is 3.27. The van der Waals surface area contributed by atoms with Crippen molar-refractivity contribution in [2.75, 3.05) is 31.8 Å². The minimum absolute atomic E-state index is 0.0810. The number of carbonyl (C=O) groups is 2. The maximum Gasteiger partial charge on any atom is 0.337 e. The van der Waals surface area contributed by atoms with Gasteiger partial charge in [-0.05, 0) is 38.1 Å². The molecule has 1 aromatic carbocycles. The van der Waals surface area contributed by atoms with Crippen LogP contribution in [-0.2, 0) is 19.0 Å². The maximum atomic E-state index is 11.9. The Morgan fingerprint density at radius 2 is 1.65 bits per heavy atom. The van der Waals surface area contributed by atoms with E-state index >= 15 is 0 Å². The molecular weight excluding hydrogens is 298 g/mol. The van der Waals surface area contributed by atoms with Gasteiger partial charge >= 0.3 is 5.97 Å². The van der Waals surface area contributed by atoms with Crippen molar-refractivity contribution in [3.05, 3.63) is 29.8 Å². The molecule has 0 radical (unpaired) electrons. The zero-order valence-corrected chi connectivity index (χ0v) is 14.2. The quantitative estimate of drug-likeness (QED) is 0.516. The summed E-state index contributed by atoms with van der Waals surface area (Å²) in [5, 5.41) is 0. The second-order valence-corrected chi connectivity index (χ2v) is 4.84. The molecule has 0 bridgehead atoms. The number of hydrogen-bond donors (Lipinski definition) is 0. The molecule has 0 aliphatic carbocycles. The molecule has 0 heterocycles. The summed E-state index contributed by atoms with van der Waals surface area (Å²) in [5.41, 5.74) is 1.16. The van der Waals surface area contributed by atoms with Crippen LogP contribution in [0.2, 0.25) is 0 Å². The van der Waals surface area contributed by atoms with Crippen LogP contribution >= 0.6 is 0 Å². The Balaban J connectivity index is 2.78. The van der Waals surface area contributed by atoms with Gasteiger partial charge in [-0.15, -0.1) is 0 Å². The van der Waals surface area contributed by atoms with Crippen molar-refractivity contribution in [2.24, 2.45) is 0 Å². The van der Waals surface area contributed by atoms with Crippen molar-refractivity contribution >= 4 is 17.6 Å². The summed E-state index contributed by atoms with van der Waals surface area (Å²) in [5.74, 6) is -0.485. The van der Waals surface area contributed by atoms with E-state index in [2.05, 4.69) is 4.74 Å². The minimum Gasteiger partial charge on any atom is -0.465 e. The Morgan fingerprint density at radius 3 is 2.09 bits per heavy atom. The van der Waals surface area contributed by atoms with Gasteiger partial charge in [0.05, 0.1) is 12.7 Å². The lowest BCUT2D eigenvalue weighted by Gasteiger charge is -2.24. The molecule has 0 atom stereocenters. The summed E-state index contributed by atoms with van der Waals surface area (Å²) in [7, 11) is 1.33. The smallest absolute Gasteiger partial charge is 0.337 e. The van der Waals surface area contributed by atoms with Gasteiger partial charge in [0.1, 0.15) is 0 Å². The first-order valence-electron chi connectivity index (χ1n) is 7.73. The molecule has 1 aromatic rings. The van der Waals surface area contributed by atoms with Gasteiger partial charge in [-0.1, -0.05) is 0 Å². The predicted octanol–water partition coefficient (Wildman–Crippen LogP) is 2.62. The van der Waals surface area contributed by atoms with E-state index in [9.17, 15) is 9.59 Å². The Kier molecular flexibility index (Phi) is 8.29. The van der Waals surface area contributed by atoms with Gasteiger partial charge in [-0.3, -0.25) is 4.79 Å². The lowest BCUT2D eigenvalue weighted by molar-refractivity contribution is -0.138. The van der Waals surface area contributed by atoms with Crippen LogP contribution in [0.5, 0.6) is 0 Å². The fourth-order valence-electron chi connectivity index (χ4n) is 2.18. The van der Waals surface area contributed by atoms with Gasteiger partial charge in [0.15, 0.2) is 6.29 Å². The fraction of sp³-hybridized carbons (Fsp3) is 0.529. The average Bonchev–Trinajstić information content (AvgIpc) is 2.55. The van der Waals surface area contributed by atoms with Crippen molar-refractivity contribution in [3.8, 4) is 0 Å². The van der Waals surface area contributed by atoms with Crippen LogP contribution in [0.25, 0.3) is 0 Å². The molecular formula is C17H25NO5. The third-order valence-corrected chi connectivity index (χ3v) is 3.27. The molecule has 128 valence electrons. The van der Waals surface area contributed by atoms with Gasteiger partial charge in [-0.2, -0.15) is 0 Å². The van der Waals surface area contributed by atoms with E-state index < -0.39 is 5.97 Å². The highest BCUT2D eigenvalue weighted by molar-refractivity contribution is 5.93. The Bertz CT molecular complexity index is 494. The predicted molar refractivity (Wildman–Crippen MR) is 87.5 cm³/mol. The van der Waals surface area contributed by atoms with Crippen LogP contribution in [0, 0.1) is 0 Å². The topological polar surface area (TPSA) is 65.1 Å². The molecule has 0 fully saturated rings. The fourth-order valence-corrected chi connectivity index (χ4v) is 2.18. The van der Waals surface area contributed by atoms with E-state index in [-0.39, 0.29) is 12.2 Å². The maximum absolute atomic E-state index is 11.9. The number of methoxy groups -OCH3 is 1. The number of benzene rings is 1. The van der Waals surface area contributed by atoms with Crippen LogP contribution < -0.4 is 4.90 Å². The van der Waals surface area contributed by atoms with E-state index in [1.165, 1.54) is 14.0 Å². The van der Waals surface area contributed by atoms with Crippen molar-refractivity contribution in [1.82, 2.24) is 0 Å². The number of ether oxygens (including phenoxy) is 3. The highest BCUT2D eigenvalue weighted by atomic mass is 16.7. The number of carbonyl (C=O) groups excluding carboxylic acids is 2. The van der Waals surface area contributed by atoms with Crippen LogP contribution in [0.3, 0.4) is 0 Å². The Labute approximate surface area is 137 Å². The number of rotatable bonds is 9. The van der Waals surface area contributed by atoms with Crippen molar-refractivity contribution < 1.29 is 23.8 Å². The van der Waals surface area contributed by atoms with E-state index in [1.54, 1.807) is 29.2 Å². The molecule has 0 N–H and O–H groups in total. The Morgan fingerprint density at radius 1 is 1.09 bits per heavy atom. The van der Waals surface area contributed by atoms with Gasteiger partial charge in [0, 0.05) is 38.8 Å². The molecule has 0 aliphatic heterocycles. The molecule has 0 aliphatic rings. The highest BCUT2D eigenvalue weighted by Crippen LogP contribution is 2.17. The summed E-state index contributed by atoms with van der Waals surface area (Å²) in [6.07, 6.45) is 0.237. The van der Waals surface area contributed by atoms with Crippen LogP contribution in [-0.4, -0.2) is 45.0 Å². The van der Waals surface area contributed by atoms with Crippen molar-refractivity contribution in [1.29, 1.82) is 0 Å². The third kappa shape index (κ3) is 6.00. The molecule has 6 heteroatoms. The van der Waals surface area contributed by atoms with Gasteiger partial charge < -0.3 is 19.1 Å². The number of esters is 1. The largest absolute Gasteiger partial charge is 0.465 e. The molecule has 23 heavy (non-hydrogen) atoms. The lowest BCUT2D eigenvalue weighted by Crippen LogP contribution is -2.33. The highest BCUT2D eigenvalue weighted by Gasteiger charge is 2.16. The van der Waals surface area contributed by atoms with E-state index in [4.69, 9.17) is 9.47 Å².